The number of hydrogen-bond donors (Lipinski definition) is 1. The standard InChI is InChI=1S/C23H27N3O4S/c1-28-18-11-15(12-19(29-2)22(18)30-3)13-21(27)24-16-7-6-10-26(14-16)23-25-17-8-4-5-9-20(17)31-23/h4-5,8-9,11-12,16H,6-7,10,13-14H2,1-3H3,(H,24,27)/t16-/m1/s1. The van der Waals surface area contributed by atoms with Gasteiger partial charge in [0.25, 0.3) is 0 Å². The molecule has 0 aliphatic carbocycles. The highest BCUT2D eigenvalue weighted by Gasteiger charge is 2.24. The summed E-state index contributed by atoms with van der Waals surface area (Å²) in [6, 6.07) is 11.9. The fourth-order valence-electron chi connectivity index (χ4n) is 3.97. The van der Waals surface area contributed by atoms with Crippen LogP contribution in [0.15, 0.2) is 36.4 Å². The predicted octanol–water partition coefficient (Wildman–Crippen LogP) is 3.65. The SMILES string of the molecule is COc1cc(CC(=O)N[C@@H]2CCCN(c3nc4ccccc4s3)C2)cc(OC)c1OC. The molecule has 0 bridgehead atoms. The number of fused-ring (bicyclic) bond motifs is 1. The molecule has 1 aromatic heterocycles. The van der Waals surface area contributed by atoms with Crippen molar-refractivity contribution < 1.29 is 19.0 Å². The van der Waals surface area contributed by atoms with E-state index < -0.39 is 0 Å². The normalized spacial score (nSPS) is 16.2. The van der Waals surface area contributed by atoms with Crippen LogP contribution in [0.5, 0.6) is 17.2 Å². The van der Waals surface area contributed by atoms with E-state index >= 15 is 0 Å². The van der Waals surface area contributed by atoms with E-state index in [1.165, 1.54) is 4.70 Å². The average Bonchev–Trinajstić information content (AvgIpc) is 3.23. The van der Waals surface area contributed by atoms with Gasteiger partial charge in [-0.3, -0.25) is 4.79 Å². The predicted molar refractivity (Wildman–Crippen MR) is 123 cm³/mol. The molecule has 8 heteroatoms. The second kappa shape index (κ2) is 9.43. The first-order valence-corrected chi connectivity index (χ1v) is 11.1. The van der Waals surface area contributed by atoms with E-state index in [-0.39, 0.29) is 18.4 Å². The Bertz CT molecular complexity index is 1010. The van der Waals surface area contributed by atoms with Crippen molar-refractivity contribution >= 4 is 32.6 Å². The zero-order chi connectivity index (χ0) is 21.8. The quantitative estimate of drug-likeness (QED) is 0.603. The van der Waals surface area contributed by atoms with E-state index in [2.05, 4.69) is 16.3 Å². The number of thiazole rings is 1. The molecular formula is C23H27N3O4S. The largest absolute Gasteiger partial charge is 0.493 e. The van der Waals surface area contributed by atoms with Crippen LogP contribution in [0.25, 0.3) is 10.2 Å². The highest BCUT2D eigenvalue weighted by atomic mass is 32.1. The number of carbonyl (C=O) groups is 1. The lowest BCUT2D eigenvalue weighted by Gasteiger charge is -2.33. The first-order valence-electron chi connectivity index (χ1n) is 10.3. The second-order valence-electron chi connectivity index (χ2n) is 7.53. The maximum atomic E-state index is 12.8. The van der Waals surface area contributed by atoms with Crippen molar-refractivity contribution in [1.82, 2.24) is 10.3 Å². The lowest BCUT2D eigenvalue weighted by Crippen LogP contribution is -2.48. The number of anilines is 1. The van der Waals surface area contributed by atoms with Gasteiger partial charge in [-0.15, -0.1) is 0 Å². The fourth-order valence-corrected chi connectivity index (χ4v) is 4.97. The van der Waals surface area contributed by atoms with Gasteiger partial charge in [-0.25, -0.2) is 4.98 Å². The third kappa shape index (κ3) is 4.69. The van der Waals surface area contributed by atoms with Gasteiger partial charge in [0.15, 0.2) is 16.6 Å². The topological polar surface area (TPSA) is 72.9 Å². The number of benzene rings is 2. The van der Waals surface area contributed by atoms with Gasteiger partial charge in [-0.05, 0) is 42.7 Å². The van der Waals surface area contributed by atoms with Crippen molar-refractivity contribution in [2.24, 2.45) is 0 Å². The number of hydrogen-bond acceptors (Lipinski definition) is 7. The Hall–Kier alpha value is -3.00. The fraction of sp³-hybridized carbons (Fsp3) is 0.391. The van der Waals surface area contributed by atoms with E-state index in [1.54, 1.807) is 32.7 Å². The van der Waals surface area contributed by atoms with Crippen LogP contribution in [-0.4, -0.2) is 51.4 Å². The molecule has 7 nitrogen and oxygen atoms in total. The first kappa shape index (κ1) is 21.2. The molecule has 0 saturated carbocycles. The Labute approximate surface area is 185 Å². The molecule has 1 atom stereocenters. The maximum Gasteiger partial charge on any atom is 0.224 e. The number of para-hydroxylation sites is 1. The summed E-state index contributed by atoms with van der Waals surface area (Å²) in [4.78, 5) is 19.8. The van der Waals surface area contributed by atoms with Crippen LogP contribution >= 0.6 is 11.3 Å². The van der Waals surface area contributed by atoms with Gasteiger partial charge < -0.3 is 24.4 Å². The van der Waals surface area contributed by atoms with Crippen molar-refractivity contribution in [3.05, 3.63) is 42.0 Å². The lowest BCUT2D eigenvalue weighted by atomic mass is 10.0. The number of rotatable bonds is 7. The van der Waals surface area contributed by atoms with E-state index in [4.69, 9.17) is 19.2 Å². The van der Waals surface area contributed by atoms with Gasteiger partial charge in [0.05, 0.1) is 38.0 Å². The molecule has 2 aromatic carbocycles. The summed E-state index contributed by atoms with van der Waals surface area (Å²) in [5, 5.41) is 4.21. The Morgan fingerprint density at radius 2 is 1.90 bits per heavy atom. The molecule has 3 aromatic rings. The van der Waals surface area contributed by atoms with Crippen LogP contribution in [0.2, 0.25) is 0 Å². The third-order valence-corrected chi connectivity index (χ3v) is 6.53. The minimum absolute atomic E-state index is 0.0228. The second-order valence-corrected chi connectivity index (χ2v) is 8.54. The number of ether oxygens (including phenoxy) is 3. The summed E-state index contributed by atoms with van der Waals surface area (Å²) >= 11 is 1.70. The van der Waals surface area contributed by atoms with Crippen molar-refractivity contribution in [3.8, 4) is 17.2 Å². The molecule has 0 unspecified atom stereocenters. The minimum atomic E-state index is -0.0228. The number of carbonyl (C=O) groups excluding carboxylic acids is 1. The van der Waals surface area contributed by atoms with Crippen LogP contribution in [-0.2, 0) is 11.2 Å². The van der Waals surface area contributed by atoms with Crippen LogP contribution < -0.4 is 24.4 Å². The zero-order valence-electron chi connectivity index (χ0n) is 18.0. The van der Waals surface area contributed by atoms with Gasteiger partial charge in [-0.1, -0.05) is 23.5 Å². The van der Waals surface area contributed by atoms with Gasteiger partial charge in [0.2, 0.25) is 11.7 Å². The van der Waals surface area contributed by atoms with E-state index in [1.807, 2.05) is 30.3 Å². The zero-order valence-corrected chi connectivity index (χ0v) is 18.8. The van der Waals surface area contributed by atoms with Gasteiger partial charge >= 0.3 is 0 Å². The highest BCUT2D eigenvalue weighted by molar-refractivity contribution is 7.22. The van der Waals surface area contributed by atoms with Crippen molar-refractivity contribution in [2.45, 2.75) is 25.3 Å². The molecule has 0 radical (unpaired) electrons. The summed E-state index contributed by atoms with van der Waals surface area (Å²) in [6.45, 7) is 1.72. The number of amides is 1. The molecule has 1 aliphatic rings. The van der Waals surface area contributed by atoms with Crippen molar-refractivity contribution in [2.75, 3.05) is 39.3 Å². The van der Waals surface area contributed by atoms with Gasteiger partial charge in [0.1, 0.15) is 0 Å². The Morgan fingerprint density at radius 3 is 2.58 bits per heavy atom. The lowest BCUT2D eigenvalue weighted by molar-refractivity contribution is -0.121. The summed E-state index contributed by atoms with van der Waals surface area (Å²) in [6.07, 6.45) is 2.22. The van der Waals surface area contributed by atoms with Gasteiger partial charge in [0, 0.05) is 19.1 Å². The number of methoxy groups -OCH3 is 3. The first-order chi connectivity index (χ1) is 15.1. The van der Waals surface area contributed by atoms with E-state index in [0.29, 0.717) is 17.2 Å². The Kier molecular flexibility index (Phi) is 6.46. The van der Waals surface area contributed by atoms with Crippen LogP contribution in [0, 0.1) is 0 Å². The molecule has 1 amide bonds. The molecule has 164 valence electrons. The molecule has 4 rings (SSSR count). The summed E-state index contributed by atoms with van der Waals surface area (Å²) in [5.74, 6) is 1.59. The van der Waals surface area contributed by atoms with Crippen LogP contribution in [0.4, 0.5) is 5.13 Å². The van der Waals surface area contributed by atoms with Crippen molar-refractivity contribution in [3.63, 3.8) is 0 Å². The number of nitrogens with zero attached hydrogens (tertiary/aromatic N) is 2. The Morgan fingerprint density at radius 1 is 1.16 bits per heavy atom. The van der Waals surface area contributed by atoms with Gasteiger partial charge in [-0.2, -0.15) is 0 Å². The smallest absolute Gasteiger partial charge is 0.224 e. The summed E-state index contributed by atoms with van der Waals surface area (Å²) < 4.78 is 17.3. The molecule has 31 heavy (non-hydrogen) atoms. The number of aromatic nitrogens is 1. The van der Waals surface area contributed by atoms with Crippen LogP contribution in [0.1, 0.15) is 18.4 Å². The van der Waals surface area contributed by atoms with E-state index in [9.17, 15) is 4.79 Å². The molecule has 2 heterocycles. The van der Waals surface area contributed by atoms with Crippen LogP contribution in [0.3, 0.4) is 0 Å². The maximum absolute atomic E-state index is 12.8. The minimum Gasteiger partial charge on any atom is -0.493 e. The molecule has 1 N–H and O–H groups in total. The van der Waals surface area contributed by atoms with Crippen molar-refractivity contribution in [1.29, 1.82) is 0 Å². The summed E-state index contributed by atoms with van der Waals surface area (Å²) in [7, 11) is 4.70. The number of nitrogens with one attached hydrogen (secondary N) is 1. The molecular weight excluding hydrogens is 414 g/mol. The Balaban J connectivity index is 1.41. The van der Waals surface area contributed by atoms with E-state index in [0.717, 1.165) is 42.1 Å². The molecule has 1 aliphatic heterocycles. The highest BCUT2D eigenvalue weighted by Crippen LogP contribution is 2.38. The monoisotopic (exact) mass is 441 g/mol. The third-order valence-electron chi connectivity index (χ3n) is 5.43. The molecule has 0 spiro atoms. The summed E-state index contributed by atoms with van der Waals surface area (Å²) in [5.41, 5.74) is 1.84. The molecule has 1 saturated heterocycles. The number of piperidine rings is 1. The molecule has 1 fully saturated rings. The average molecular weight is 442 g/mol.